The summed E-state index contributed by atoms with van der Waals surface area (Å²) in [4.78, 5) is 13.5. The average Bonchev–Trinajstić information content (AvgIpc) is 2.68. The fraction of sp³-hybridized carbons (Fsp3) is 0.682. The third-order valence-corrected chi connectivity index (χ3v) is 6.54. The number of halogens is 1. The van der Waals surface area contributed by atoms with E-state index in [9.17, 15) is 9.90 Å². The van der Waals surface area contributed by atoms with Gasteiger partial charge < -0.3 is 14.4 Å². The Morgan fingerprint density at radius 2 is 1.76 bits per heavy atom. The number of aryl methyl sites for hydroxylation is 1. The first-order valence-electron chi connectivity index (χ1n) is 10.4. The molecule has 0 radical (unpaired) electrons. The molecule has 1 saturated heterocycles. The van der Waals surface area contributed by atoms with Gasteiger partial charge in [0.25, 0.3) is 0 Å². The van der Waals surface area contributed by atoms with Crippen molar-refractivity contribution in [3.05, 3.63) is 29.1 Å². The molecule has 1 unspecified atom stereocenters. The fourth-order valence-corrected chi connectivity index (χ4v) is 4.29. The first-order valence-corrected chi connectivity index (χ1v) is 10.4. The lowest BCUT2D eigenvalue weighted by Crippen LogP contribution is -2.47. The molecule has 1 aliphatic carbocycles. The van der Waals surface area contributed by atoms with Gasteiger partial charge in [-0.2, -0.15) is 0 Å². The molecule has 1 aromatic rings. The number of hydrogen-bond donors (Lipinski definition) is 1. The van der Waals surface area contributed by atoms with E-state index in [-0.39, 0.29) is 6.04 Å². The summed E-state index contributed by atoms with van der Waals surface area (Å²) < 4.78 is 27.4. The molecular formula is C22H33BFNO4. The van der Waals surface area contributed by atoms with Gasteiger partial charge in [0, 0.05) is 11.0 Å². The summed E-state index contributed by atoms with van der Waals surface area (Å²) in [5, 5.41) is 9.88. The van der Waals surface area contributed by atoms with Crippen LogP contribution in [0.4, 0.5) is 9.18 Å². The van der Waals surface area contributed by atoms with Crippen molar-refractivity contribution in [3.63, 3.8) is 0 Å². The normalized spacial score (nSPS) is 23.4. The second-order valence-electron chi connectivity index (χ2n) is 10.2. The number of carboxylic acid groups (broad SMARTS) is 1. The molecule has 29 heavy (non-hydrogen) atoms. The molecule has 0 aromatic heterocycles. The second kappa shape index (κ2) is 7.27. The Labute approximate surface area is 173 Å². The van der Waals surface area contributed by atoms with E-state index in [0.29, 0.717) is 11.9 Å². The topological polar surface area (TPSA) is 59.0 Å². The molecular weight excluding hydrogens is 372 g/mol. The van der Waals surface area contributed by atoms with E-state index in [0.717, 1.165) is 30.4 Å². The summed E-state index contributed by atoms with van der Waals surface area (Å²) in [6.07, 6.45) is 2.33. The Bertz CT molecular complexity index is 787. The maximum absolute atomic E-state index is 15.3. The quantitative estimate of drug-likeness (QED) is 0.574. The van der Waals surface area contributed by atoms with Gasteiger partial charge in [-0.15, -0.1) is 0 Å². The zero-order chi connectivity index (χ0) is 21.8. The molecule has 0 saturated carbocycles. The molecule has 3 rings (SSSR count). The van der Waals surface area contributed by atoms with Crippen LogP contribution in [0.25, 0.3) is 0 Å². The molecule has 1 aliphatic heterocycles. The van der Waals surface area contributed by atoms with Crippen molar-refractivity contribution in [1.82, 2.24) is 4.90 Å². The molecule has 0 spiro atoms. The summed E-state index contributed by atoms with van der Waals surface area (Å²) in [5.74, 6) is -0.409. The SMILES string of the molecule is CC(C)(C)N(C(=O)O)C1CCCCc2cc(B3OC(C)(C)C(C)(C)O3)c(F)cc21. The number of carbonyl (C=O) groups is 1. The Hall–Kier alpha value is -1.60. The van der Waals surface area contributed by atoms with Gasteiger partial charge in [-0.1, -0.05) is 12.5 Å². The van der Waals surface area contributed by atoms with Gasteiger partial charge >= 0.3 is 13.2 Å². The maximum Gasteiger partial charge on any atom is 0.497 e. The highest BCUT2D eigenvalue weighted by atomic mass is 19.1. The van der Waals surface area contributed by atoms with Crippen LogP contribution in [0.5, 0.6) is 0 Å². The summed E-state index contributed by atoms with van der Waals surface area (Å²) in [6.45, 7) is 13.4. The lowest BCUT2D eigenvalue weighted by Gasteiger charge is -2.40. The standard InChI is InChI=1S/C22H33BFNO4/c1-20(2,3)25(19(26)27)18-11-9-8-10-14-12-16(17(24)13-15(14)18)23-28-21(4,5)22(6,7)29-23/h12-13,18H,8-11H2,1-7H3,(H,26,27). The van der Waals surface area contributed by atoms with Crippen molar-refractivity contribution in [2.45, 2.75) is 96.9 Å². The average molecular weight is 405 g/mol. The van der Waals surface area contributed by atoms with E-state index in [1.807, 2.05) is 54.5 Å². The van der Waals surface area contributed by atoms with Crippen molar-refractivity contribution in [1.29, 1.82) is 0 Å². The highest BCUT2D eigenvalue weighted by molar-refractivity contribution is 6.62. The van der Waals surface area contributed by atoms with Gasteiger partial charge in [0.05, 0.1) is 17.2 Å². The number of hydrogen-bond acceptors (Lipinski definition) is 3. The Morgan fingerprint density at radius 3 is 2.28 bits per heavy atom. The second-order valence-corrected chi connectivity index (χ2v) is 10.2. The van der Waals surface area contributed by atoms with Crippen LogP contribution in [0.1, 0.15) is 84.9 Å². The predicted molar refractivity (Wildman–Crippen MR) is 112 cm³/mol. The molecule has 1 N–H and O–H groups in total. The molecule has 7 heteroatoms. The number of amides is 1. The van der Waals surface area contributed by atoms with E-state index >= 15 is 4.39 Å². The van der Waals surface area contributed by atoms with Gasteiger partial charge in [0.2, 0.25) is 0 Å². The molecule has 1 aromatic carbocycles. The van der Waals surface area contributed by atoms with Crippen molar-refractivity contribution < 1.29 is 23.6 Å². The minimum atomic E-state index is -0.981. The molecule has 2 aliphatic rings. The third kappa shape index (κ3) is 4.04. The minimum absolute atomic E-state index is 0.369. The van der Waals surface area contributed by atoms with Crippen molar-refractivity contribution >= 4 is 18.7 Å². The first kappa shape index (κ1) is 22.1. The smallest absolute Gasteiger partial charge is 0.465 e. The summed E-state index contributed by atoms with van der Waals surface area (Å²) >= 11 is 0. The zero-order valence-corrected chi connectivity index (χ0v) is 18.6. The van der Waals surface area contributed by atoms with Crippen LogP contribution in [0.3, 0.4) is 0 Å². The number of benzene rings is 1. The van der Waals surface area contributed by atoms with Crippen LogP contribution in [0.15, 0.2) is 12.1 Å². The molecule has 1 heterocycles. The largest absolute Gasteiger partial charge is 0.497 e. The van der Waals surface area contributed by atoms with Gasteiger partial charge in [-0.25, -0.2) is 9.18 Å². The maximum atomic E-state index is 15.3. The van der Waals surface area contributed by atoms with E-state index in [2.05, 4.69) is 0 Å². The molecule has 5 nitrogen and oxygen atoms in total. The van der Waals surface area contributed by atoms with Crippen LogP contribution in [-0.4, -0.2) is 40.0 Å². The van der Waals surface area contributed by atoms with Crippen LogP contribution in [0.2, 0.25) is 0 Å². The summed E-state index contributed by atoms with van der Waals surface area (Å²) in [5.41, 5.74) is 0.448. The van der Waals surface area contributed by atoms with Crippen LogP contribution in [0, 0.1) is 5.82 Å². The summed E-state index contributed by atoms with van der Waals surface area (Å²) in [7, 11) is -0.773. The van der Waals surface area contributed by atoms with E-state index in [1.165, 1.54) is 11.0 Å². The monoisotopic (exact) mass is 405 g/mol. The Balaban J connectivity index is 2.04. The zero-order valence-electron chi connectivity index (χ0n) is 18.6. The number of fused-ring (bicyclic) bond motifs is 1. The van der Waals surface area contributed by atoms with Crippen LogP contribution < -0.4 is 5.46 Å². The van der Waals surface area contributed by atoms with Crippen molar-refractivity contribution in [3.8, 4) is 0 Å². The molecule has 1 amide bonds. The molecule has 0 bridgehead atoms. The minimum Gasteiger partial charge on any atom is -0.465 e. The lowest BCUT2D eigenvalue weighted by molar-refractivity contribution is 0.00578. The molecule has 1 atom stereocenters. The predicted octanol–water partition coefficient (Wildman–Crippen LogP) is 4.67. The highest BCUT2D eigenvalue weighted by Crippen LogP contribution is 2.39. The molecule has 1 fully saturated rings. The van der Waals surface area contributed by atoms with E-state index < -0.39 is 35.8 Å². The summed E-state index contributed by atoms with van der Waals surface area (Å²) in [6, 6.07) is 2.97. The fourth-order valence-electron chi connectivity index (χ4n) is 4.29. The van der Waals surface area contributed by atoms with Gasteiger partial charge in [-0.05, 0) is 84.9 Å². The number of nitrogens with zero attached hydrogens (tertiary/aromatic N) is 1. The van der Waals surface area contributed by atoms with Gasteiger partial charge in [0.1, 0.15) is 5.82 Å². The van der Waals surface area contributed by atoms with E-state index in [4.69, 9.17) is 9.31 Å². The lowest BCUT2D eigenvalue weighted by atomic mass is 9.76. The van der Waals surface area contributed by atoms with Crippen molar-refractivity contribution in [2.75, 3.05) is 0 Å². The first-order chi connectivity index (χ1) is 13.2. The van der Waals surface area contributed by atoms with E-state index in [1.54, 1.807) is 0 Å². The van der Waals surface area contributed by atoms with Gasteiger partial charge in [-0.3, -0.25) is 4.90 Å². The third-order valence-electron chi connectivity index (χ3n) is 6.54. The molecule has 160 valence electrons. The van der Waals surface area contributed by atoms with Crippen LogP contribution >= 0.6 is 0 Å². The Morgan fingerprint density at radius 1 is 1.17 bits per heavy atom. The number of rotatable bonds is 2. The van der Waals surface area contributed by atoms with Crippen molar-refractivity contribution in [2.24, 2.45) is 0 Å². The van der Waals surface area contributed by atoms with Crippen LogP contribution in [-0.2, 0) is 15.7 Å². The van der Waals surface area contributed by atoms with Gasteiger partial charge in [0.15, 0.2) is 0 Å². The highest BCUT2D eigenvalue weighted by Gasteiger charge is 2.52. The Kier molecular flexibility index (Phi) is 5.54.